The van der Waals surface area contributed by atoms with Gasteiger partial charge in [-0.1, -0.05) is 18.2 Å². The molecule has 1 aliphatic carbocycles. The maximum absolute atomic E-state index is 13.3. The van der Waals surface area contributed by atoms with Crippen molar-refractivity contribution in [3.63, 3.8) is 0 Å². The second-order valence-corrected chi connectivity index (χ2v) is 7.93. The van der Waals surface area contributed by atoms with Gasteiger partial charge >= 0.3 is 6.09 Å². The standard InChI is InChI=1S/C24H22FN3O3/c25-16-10-8-15(9-11-16)23(29)28-13-12-19-18-6-1-2-7-20(18)27-22(19)21(14-28)31-24(30)26-17-4-3-5-17/h1-2,6-11,14,17,27H,3-5,12-13H2,(H,26,30). The molecule has 0 radical (unpaired) electrons. The first kappa shape index (κ1) is 19.4. The number of H-pyrrole nitrogens is 1. The SMILES string of the molecule is O=C(NC1CCC1)OC1=CN(C(=O)c2ccc(F)cc2)CCc2c1[nH]c1ccccc21. The van der Waals surface area contributed by atoms with Gasteiger partial charge in [0.1, 0.15) is 5.82 Å². The number of aromatic nitrogens is 1. The summed E-state index contributed by atoms with van der Waals surface area (Å²) in [5, 5.41) is 3.90. The van der Waals surface area contributed by atoms with Gasteiger partial charge in [0.05, 0.1) is 11.9 Å². The third kappa shape index (κ3) is 3.79. The van der Waals surface area contributed by atoms with Crippen molar-refractivity contribution in [3.05, 3.63) is 77.4 Å². The van der Waals surface area contributed by atoms with E-state index in [1.165, 1.54) is 29.2 Å². The van der Waals surface area contributed by atoms with Gasteiger partial charge in [0, 0.05) is 29.1 Å². The summed E-state index contributed by atoms with van der Waals surface area (Å²) in [4.78, 5) is 30.4. The van der Waals surface area contributed by atoms with Gasteiger partial charge in [-0.25, -0.2) is 9.18 Å². The third-order valence-electron chi connectivity index (χ3n) is 5.92. The number of carbonyl (C=O) groups is 2. The van der Waals surface area contributed by atoms with Crippen LogP contribution in [-0.4, -0.2) is 34.5 Å². The fraction of sp³-hybridized carbons (Fsp3) is 0.250. The number of aromatic amines is 1. The Balaban J connectivity index is 1.50. The molecule has 31 heavy (non-hydrogen) atoms. The minimum atomic E-state index is -0.531. The molecular formula is C24H22FN3O3. The molecule has 1 fully saturated rings. The number of halogens is 1. The normalized spacial score (nSPS) is 16.2. The van der Waals surface area contributed by atoms with Crippen LogP contribution in [0, 0.1) is 5.82 Å². The minimum absolute atomic E-state index is 0.137. The van der Waals surface area contributed by atoms with Crippen LogP contribution in [0.3, 0.4) is 0 Å². The average Bonchev–Trinajstić information content (AvgIpc) is 3.02. The van der Waals surface area contributed by atoms with Crippen LogP contribution in [0.4, 0.5) is 9.18 Å². The van der Waals surface area contributed by atoms with E-state index in [9.17, 15) is 14.0 Å². The summed E-state index contributed by atoms with van der Waals surface area (Å²) >= 11 is 0. The predicted molar refractivity (Wildman–Crippen MR) is 115 cm³/mol. The predicted octanol–water partition coefficient (Wildman–Crippen LogP) is 4.58. The number of nitrogens with one attached hydrogen (secondary N) is 2. The number of hydrogen-bond donors (Lipinski definition) is 2. The van der Waals surface area contributed by atoms with Crippen molar-refractivity contribution in [3.8, 4) is 0 Å². The molecule has 6 nitrogen and oxygen atoms in total. The number of fused-ring (bicyclic) bond motifs is 3. The van der Waals surface area contributed by atoms with Crippen LogP contribution in [0.25, 0.3) is 16.7 Å². The van der Waals surface area contributed by atoms with Crippen LogP contribution < -0.4 is 5.32 Å². The van der Waals surface area contributed by atoms with Crippen LogP contribution in [0.2, 0.25) is 0 Å². The van der Waals surface area contributed by atoms with E-state index in [1.54, 1.807) is 6.20 Å². The van der Waals surface area contributed by atoms with Crippen molar-refractivity contribution in [2.75, 3.05) is 6.54 Å². The molecule has 0 unspecified atom stereocenters. The second kappa shape index (κ2) is 7.91. The first-order chi connectivity index (χ1) is 15.1. The number of para-hydroxylation sites is 1. The van der Waals surface area contributed by atoms with Gasteiger partial charge in [0.15, 0.2) is 5.76 Å². The lowest BCUT2D eigenvalue weighted by molar-refractivity contribution is 0.0822. The van der Waals surface area contributed by atoms with Crippen LogP contribution in [0.1, 0.15) is 40.9 Å². The van der Waals surface area contributed by atoms with Gasteiger partial charge in [-0.2, -0.15) is 0 Å². The summed E-state index contributed by atoms with van der Waals surface area (Å²) in [5.41, 5.74) is 3.00. The molecule has 2 aromatic carbocycles. The van der Waals surface area contributed by atoms with Crippen molar-refractivity contribution in [1.82, 2.24) is 15.2 Å². The number of hydrogen-bond acceptors (Lipinski definition) is 3. The van der Waals surface area contributed by atoms with Gasteiger partial charge in [0.25, 0.3) is 5.91 Å². The number of nitrogens with zero attached hydrogens (tertiary/aromatic N) is 1. The van der Waals surface area contributed by atoms with E-state index in [2.05, 4.69) is 10.3 Å². The zero-order chi connectivity index (χ0) is 21.4. The van der Waals surface area contributed by atoms with Gasteiger partial charge in [-0.05, 0) is 61.6 Å². The Morgan fingerprint density at radius 1 is 1.10 bits per heavy atom. The van der Waals surface area contributed by atoms with Crippen LogP contribution in [-0.2, 0) is 11.2 Å². The molecule has 0 saturated heterocycles. The molecule has 1 aliphatic heterocycles. The average molecular weight is 419 g/mol. The van der Waals surface area contributed by atoms with Gasteiger partial charge in [0.2, 0.25) is 0 Å². The van der Waals surface area contributed by atoms with Crippen LogP contribution in [0.5, 0.6) is 0 Å². The molecule has 158 valence electrons. The van der Waals surface area contributed by atoms with E-state index in [0.717, 1.165) is 35.7 Å². The minimum Gasteiger partial charge on any atom is -0.407 e. The van der Waals surface area contributed by atoms with Gasteiger partial charge in [-0.15, -0.1) is 0 Å². The smallest absolute Gasteiger partial charge is 0.407 e. The van der Waals surface area contributed by atoms with Crippen molar-refractivity contribution in [2.24, 2.45) is 0 Å². The quantitative estimate of drug-likeness (QED) is 0.653. The van der Waals surface area contributed by atoms with Crippen molar-refractivity contribution in [2.45, 2.75) is 31.7 Å². The number of benzene rings is 2. The molecule has 7 heteroatoms. The molecule has 2 N–H and O–H groups in total. The lowest BCUT2D eigenvalue weighted by Gasteiger charge is -2.26. The Hall–Kier alpha value is -3.61. The molecule has 5 rings (SSSR count). The fourth-order valence-corrected chi connectivity index (χ4v) is 4.02. The highest BCUT2D eigenvalue weighted by Gasteiger charge is 2.27. The lowest BCUT2D eigenvalue weighted by atomic mass is 9.93. The van der Waals surface area contributed by atoms with Gasteiger partial charge in [-0.3, -0.25) is 4.79 Å². The topological polar surface area (TPSA) is 74.4 Å². The molecule has 2 heterocycles. The Morgan fingerprint density at radius 3 is 2.61 bits per heavy atom. The molecule has 2 amide bonds. The summed E-state index contributed by atoms with van der Waals surface area (Å²) in [5.74, 6) is -0.396. The van der Waals surface area contributed by atoms with Crippen molar-refractivity contribution in [1.29, 1.82) is 0 Å². The van der Waals surface area contributed by atoms with Gasteiger partial charge < -0.3 is 19.9 Å². The lowest BCUT2D eigenvalue weighted by Crippen LogP contribution is -2.39. The molecular weight excluding hydrogens is 397 g/mol. The molecule has 1 aromatic heterocycles. The van der Waals surface area contributed by atoms with E-state index in [4.69, 9.17) is 4.74 Å². The molecule has 0 atom stereocenters. The Morgan fingerprint density at radius 2 is 1.87 bits per heavy atom. The first-order valence-electron chi connectivity index (χ1n) is 10.4. The maximum atomic E-state index is 13.3. The van der Waals surface area contributed by atoms with E-state index >= 15 is 0 Å². The van der Waals surface area contributed by atoms with E-state index in [1.807, 2.05) is 24.3 Å². The summed E-state index contributed by atoms with van der Waals surface area (Å²) in [7, 11) is 0. The van der Waals surface area contributed by atoms with E-state index < -0.39 is 11.9 Å². The highest BCUT2D eigenvalue weighted by molar-refractivity contribution is 5.97. The van der Waals surface area contributed by atoms with Crippen molar-refractivity contribution >= 4 is 28.7 Å². The summed E-state index contributed by atoms with van der Waals surface area (Å²) < 4.78 is 19.0. The second-order valence-electron chi connectivity index (χ2n) is 7.93. The number of amides is 2. The highest BCUT2D eigenvalue weighted by Crippen LogP contribution is 2.32. The van der Waals surface area contributed by atoms with Crippen LogP contribution >= 0.6 is 0 Å². The largest absolute Gasteiger partial charge is 0.412 e. The monoisotopic (exact) mass is 419 g/mol. The molecule has 0 spiro atoms. The van der Waals surface area contributed by atoms with Crippen LogP contribution in [0.15, 0.2) is 54.7 Å². The Labute approximate surface area is 178 Å². The molecule has 0 bridgehead atoms. The van der Waals surface area contributed by atoms with E-state index in [0.29, 0.717) is 24.2 Å². The summed E-state index contributed by atoms with van der Waals surface area (Å²) in [6, 6.07) is 13.4. The molecule has 2 aliphatic rings. The number of carbonyl (C=O) groups excluding carboxylic acids is 2. The number of alkyl carbamates (subject to hydrolysis) is 1. The van der Waals surface area contributed by atoms with Crippen molar-refractivity contribution < 1.29 is 18.7 Å². The molecule has 3 aromatic rings. The number of ether oxygens (including phenoxy) is 1. The first-order valence-corrected chi connectivity index (χ1v) is 10.4. The zero-order valence-corrected chi connectivity index (χ0v) is 16.9. The fourth-order valence-electron chi connectivity index (χ4n) is 4.02. The molecule has 1 saturated carbocycles. The van der Waals surface area contributed by atoms with E-state index in [-0.39, 0.29) is 17.7 Å². The third-order valence-corrected chi connectivity index (χ3v) is 5.92. The summed E-state index contributed by atoms with van der Waals surface area (Å²) in [6.45, 7) is 0.405. The maximum Gasteiger partial charge on any atom is 0.412 e. The Kier molecular flexibility index (Phi) is 4.94. The Bertz CT molecular complexity index is 1180. The summed E-state index contributed by atoms with van der Waals surface area (Å²) in [6.07, 6.45) is 4.60. The highest BCUT2D eigenvalue weighted by atomic mass is 19.1. The zero-order valence-electron chi connectivity index (χ0n) is 16.9. The number of rotatable bonds is 3.